The fourth-order valence-corrected chi connectivity index (χ4v) is 5.58. The summed E-state index contributed by atoms with van der Waals surface area (Å²) < 4.78 is 3.08. The Hall–Kier alpha value is -4.93. The number of para-hydroxylation sites is 1. The number of aryl methyl sites for hydroxylation is 1. The molecule has 0 fully saturated rings. The van der Waals surface area contributed by atoms with Crippen LogP contribution < -0.4 is 10.5 Å². The molecule has 0 saturated heterocycles. The van der Waals surface area contributed by atoms with E-state index in [-0.39, 0.29) is 24.6 Å². The average molecular weight is 577 g/mol. The predicted octanol–water partition coefficient (Wildman–Crippen LogP) is 3.53. The summed E-state index contributed by atoms with van der Waals surface area (Å²) >= 11 is 0. The maximum absolute atomic E-state index is 13.8. The number of allylic oxidation sites excluding steroid dienone is 1. The van der Waals surface area contributed by atoms with Crippen molar-refractivity contribution in [3.63, 3.8) is 0 Å². The molecule has 0 aliphatic carbocycles. The summed E-state index contributed by atoms with van der Waals surface area (Å²) in [5.41, 5.74) is 1.54. The van der Waals surface area contributed by atoms with Gasteiger partial charge in [-0.25, -0.2) is 0 Å². The first-order valence-corrected chi connectivity index (χ1v) is 14.3. The van der Waals surface area contributed by atoms with E-state index in [0.717, 1.165) is 16.6 Å². The van der Waals surface area contributed by atoms with Gasteiger partial charge in [0.25, 0.3) is 11.5 Å². The van der Waals surface area contributed by atoms with Crippen molar-refractivity contribution in [1.82, 2.24) is 24.8 Å². The Kier molecular flexibility index (Phi) is 7.71. The van der Waals surface area contributed by atoms with Gasteiger partial charge < -0.3 is 15.1 Å². The first-order chi connectivity index (χ1) is 20.9. The minimum absolute atomic E-state index is 0.0245. The van der Waals surface area contributed by atoms with Gasteiger partial charge in [-0.1, -0.05) is 72.8 Å². The van der Waals surface area contributed by atoms with E-state index in [1.54, 1.807) is 34.1 Å². The van der Waals surface area contributed by atoms with Gasteiger partial charge in [0.2, 0.25) is 0 Å². The van der Waals surface area contributed by atoms with Crippen molar-refractivity contribution in [2.45, 2.75) is 38.5 Å². The van der Waals surface area contributed by atoms with Crippen LogP contribution >= 0.6 is 0 Å². The molecule has 3 heterocycles. The molecule has 0 bridgehead atoms. The molecule has 0 saturated carbocycles. The number of anilines is 1. The van der Waals surface area contributed by atoms with Gasteiger partial charge in [-0.15, -0.1) is 5.10 Å². The number of benzene rings is 3. The Bertz CT molecular complexity index is 1860. The highest BCUT2D eigenvalue weighted by atomic mass is 16.3. The Morgan fingerprint density at radius 1 is 1.00 bits per heavy atom. The highest BCUT2D eigenvalue weighted by Crippen LogP contribution is 2.45. The van der Waals surface area contributed by atoms with Crippen molar-refractivity contribution in [1.29, 1.82) is 0 Å². The third kappa shape index (κ3) is 5.26. The molecule has 0 radical (unpaired) electrons. The maximum Gasteiger partial charge on any atom is 0.279 e. The third-order valence-electron chi connectivity index (χ3n) is 7.96. The minimum Gasteiger partial charge on any atom is -0.396 e. The Morgan fingerprint density at radius 2 is 1.77 bits per heavy atom. The van der Waals surface area contributed by atoms with Gasteiger partial charge in [-0.2, -0.15) is 9.78 Å². The fraction of sp³-hybridized carbons (Fsp3) is 0.242. The second kappa shape index (κ2) is 11.7. The first kappa shape index (κ1) is 28.2. The molecule has 3 aromatic carbocycles. The van der Waals surface area contributed by atoms with Gasteiger partial charge in [-0.05, 0) is 36.2 Å². The lowest BCUT2D eigenvalue weighted by Crippen LogP contribution is -2.44. The van der Waals surface area contributed by atoms with E-state index in [9.17, 15) is 14.7 Å². The summed E-state index contributed by atoms with van der Waals surface area (Å²) in [4.78, 5) is 28.5. The number of aliphatic hydroxyl groups is 2. The lowest BCUT2D eigenvalue weighted by Gasteiger charge is -2.27. The molecule has 10 nitrogen and oxygen atoms in total. The molecular formula is C33H32N6O4. The summed E-state index contributed by atoms with van der Waals surface area (Å²) in [6.45, 7) is 2.72. The standard InChI is InChI=1S/C33H32N6O4/c1-23(8-6-7-18-37-22-26(17-19-40)35-36-37)33(43)29-11-4-5-12-30(29)38(32(33)42)21-24-13-15-27(16-14-24)39-31(41)28-10-3-2-9-25(28)20-34-39/h2-6,8-16,20,22-23,40,43H,7,17-19,21H2,1H3/b8-6+/t23-,33+/m1/s1. The Morgan fingerprint density at radius 3 is 2.58 bits per heavy atom. The average Bonchev–Trinajstić information content (AvgIpc) is 3.57. The van der Waals surface area contributed by atoms with E-state index >= 15 is 0 Å². The summed E-state index contributed by atoms with van der Waals surface area (Å²) in [5, 5.41) is 34.7. The molecule has 6 rings (SSSR count). The van der Waals surface area contributed by atoms with E-state index in [2.05, 4.69) is 15.4 Å². The third-order valence-corrected chi connectivity index (χ3v) is 7.96. The largest absolute Gasteiger partial charge is 0.396 e. The van der Waals surface area contributed by atoms with Crippen molar-refractivity contribution in [3.8, 4) is 5.69 Å². The number of aromatic nitrogens is 5. The molecule has 0 unspecified atom stereocenters. The second-order valence-corrected chi connectivity index (χ2v) is 10.7. The zero-order chi connectivity index (χ0) is 30.0. The topological polar surface area (TPSA) is 126 Å². The monoisotopic (exact) mass is 576 g/mol. The summed E-state index contributed by atoms with van der Waals surface area (Å²) in [6.07, 6.45) is 8.39. The van der Waals surface area contributed by atoms with Crippen LogP contribution in [0.5, 0.6) is 0 Å². The van der Waals surface area contributed by atoms with Gasteiger partial charge in [0.15, 0.2) is 5.60 Å². The second-order valence-electron chi connectivity index (χ2n) is 10.7. The van der Waals surface area contributed by atoms with Crippen molar-refractivity contribution in [3.05, 3.63) is 125 Å². The van der Waals surface area contributed by atoms with Gasteiger partial charge >= 0.3 is 0 Å². The van der Waals surface area contributed by atoms with Crippen LogP contribution in [0.15, 0.2) is 102 Å². The molecule has 5 aromatic rings. The van der Waals surface area contributed by atoms with Crippen LogP contribution in [0.4, 0.5) is 5.69 Å². The number of hydrogen-bond acceptors (Lipinski definition) is 7. The van der Waals surface area contributed by atoms with Crippen molar-refractivity contribution >= 4 is 22.4 Å². The van der Waals surface area contributed by atoms with Crippen LogP contribution in [-0.4, -0.2) is 47.5 Å². The molecule has 1 aliphatic rings. The first-order valence-electron chi connectivity index (χ1n) is 14.3. The zero-order valence-corrected chi connectivity index (χ0v) is 23.7. The highest BCUT2D eigenvalue weighted by Gasteiger charge is 2.52. The number of hydrogen-bond donors (Lipinski definition) is 2. The smallest absolute Gasteiger partial charge is 0.279 e. The van der Waals surface area contributed by atoms with Gasteiger partial charge in [0.05, 0.1) is 35.2 Å². The fourth-order valence-electron chi connectivity index (χ4n) is 5.58. The molecule has 0 spiro atoms. The van der Waals surface area contributed by atoms with E-state index in [1.807, 2.05) is 79.7 Å². The Labute approximate surface area is 248 Å². The normalized spacial score (nSPS) is 17.2. The molecule has 2 aromatic heterocycles. The van der Waals surface area contributed by atoms with Gasteiger partial charge in [0, 0.05) is 42.6 Å². The van der Waals surface area contributed by atoms with E-state index in [1.165, 1.54) is 4.68 Å². The van der Waals surface area contributed by atoms with Crippen LogP contribution in [0.2, 0.25) is 0 Å². The summed E-state index contributed by atoms with van der Waals surface area (Å²) in [7, 11) is 0. The molecular weight excluding hydrogens is 544 g/mol. The summed E-state index contributed by atoms with van der Waals surface area (Å²) in [6, 6.07) is 22.0. The molecule has 10 heteroatoms. The van der Waals surface area contributed by atoms with Crippen LogP contribution in [0.3, 0.4) is 0 Å². The predicted molar refractivity (Wildman–Crippen MR) is 163 cm³/mol. The highest BCUT2D eigenvalue weighted by molar-refractivity contribution is 6.07. The number of aliphatic hydroxyl groups excluding tert-OH is 1. The molecule has 2 N–H and O–H groups in total. The number of rotatable bonds is 10. The number of fused-ring (bicyclic) bond motifs is 2. The minimum atomic E-state index is -1.71. The SMILES string of the molecule is C[C@H](/C=C/CCn1cc(CCO)nn1)[C@@]1(O)C(=O)N(Cc2ccc(-n3ncc4ccccc4c3=O)cc2)c2ccccc21. The van der Waals surface area contributed by atoms with Gasteiger partial charge in [-0.3, -0.25) is 14.3 Å². The lowest BCUT2D eigenvalue weighted by molar-refractivity contribution is -0.139. The van der Waals surface area contributed by atoms with Crippen molar-refractivity contribution in [2.75, 3.05) is 11.5 Å². The lowest BCUT2D eigenvalue weighted by atomic mass is 9.83. The van der Waals surface area contributed by atoms with Crippen LogP contribution in [0.1, 0.15) is 30.2 Å². The molecule has 43 heavy (non-hydrogen) atoms. The Balaban J connectivity index is 1.18. The number of amides is 1. The van der Waals surface area contributed by atoms with Crippen molar-refractivity contribution in [2.24, 2.45) is 5.92 Å². The molecule has 1 amide bonds. The van der Waals surface area contributed by atoms with E-state index in [4.69, 9.17) is 5.11 Å². The molecule has 2 atom stereocenters. The van der Waals surface area contributed by atoms with E-state index in [0.29, 0.717) is 41.7 Å². The number of nitrogens with zero attached hydrogens (tertiary/aromatic N) is 6. The van der Waals surface area contributed by atoms with Crippen LogP contribution in [0.25, 0.3) is 16.5 Å². The van der Waals surface area contributed by atoms with E-state index < -0.39 is 11.5 Å². The zero-order valence-electron chi connectivity index (χ0n) is 23.7. The van der Waals surface area contributed by atoms with Crippen LogP contribution in [0, 0.1) is 5.92 Å². The molecule has 1 aliphatic heterocycles. The summed E-state index contributed by atoms with van der Waals surface area (Å²) in [5.74, 6) is -0.868. The van der Waals surface area contributed by atoms with Crippen molar-refractivity contribution < 1.29 is 15.0 Å². The van der Waals surface area contributed by atoms with Crippen LogP contribution in [-0.2, 0) is 29.9 Å². The maximum atomic E-state index is 13.8. The molecule has 218 valence electrons. The van der Waals surface area contributed by atoms with Gasteiger partial charge in [0.1, 0.15) is 0 Å². The quantitative estimate of drug-likeness (QED) is 0.244. The number of carbonyl (C=O) groups is 1. The number of carbonyl (C=O) groups excluding carboxylic acids is 1.